The molecule has 0 spiro atoms. The minimum Gasteiger partial charge on any atom is -0.429 e. The molecule has 2 aromatic heterocycles. The van der Waals surface area contributed by atoms with Crippen LogP contribution in [0.1, 0.15) is 18.2 Å². The van der Waals surface area contributed by atoms with Crippen molar-refractivity contribution in [2.45, 2.75) is 20.3 Å². The van der Waals surface area contributed by atoms with Crippen molar-refractivity contribution >= 4 is 33.6 Å². The Morgan fingerprint density at radius 3 is 2.83 bits per heavy atom. The van der Waals surface area contributed by atoms with Gasteiger partial charge < -0.3 is 4.74 Å². The van der Waals surface area contributed by atoms with E-state index in [1.165, 1.54) is 18.2 Å². The minimum atomic E-state index is -0.591. The van der Waals surface area contributed by atoms with E-state index in [1.54, 1.807) is 6.92 Å². The van der Waals surface area contributed by atoms with Crippen LogP contribution in [0.15, 0.2) is 23.0 Å². The second-order valence-corrected chi connectivity index (χ2v) is 6.26. The molecular formula is C14H11ClN4O4S. The summed E-state index contributed by atoms with van der Waals surface area (Å²) >= 11 is 6.93. The van der Waals surface area contributed by atoms with Crippen molar-refractivity contribution in [1.29, 1.82) is 0 Å². The first-order valence-corrected chi connectivity index (χ1v) is 8.10. The van der Waals surface area contributed by atoms with E-state index >= 15 is 0 Å². The van der Waals surface area contributed by atoms with Crippen molar-refractivity contribution in [3.05, 3.63) is 54.9 Å². The van der Waals surface area contributed by atoms with E-state index in [-0.39, 0.29) is 27.2 Å². The molecule has 3 rings (SSSR count). The van der Waals surface area contributed by atoms with Crippen LogP contribution in [0.5, 0.6) is 10.9 Å². The van der Waals surface area contributed by atoms with Crippen molar-refractivity contribution < 1.29 is 9.66 Å². The van der Waals surface area contributed by atoms with E-state index in [9.17, 15) is 14.9 Å². The normalized spacial score (nSPS) is 11.0. The Morgan fingerprint density at radius 2 is 2.17 bits per heavy atom. The SMILES string of the molecule is CCc1cc(=O)n2nc(Oc3cc([N+](=O)[O-])c(Cl)cc3C)sc2n1. The van der Waals surface area contributed by atoms with Gasteiger partial charge >= 0.3 is 0 Å². The summed E-state index contributed by atoms with van der Waals surface area (Å²) in [6.45, 7) is 3.60. The number of nitro groups is 1. The number of halogens is 1. The highest BCUT2D eigenvalue weighted by atomic mass is 35.5. The zero-order valence-corrected chi connectivity index (χ0v) is 14.2. The van der Waals surface area contributed by atoms with Crippen LogP contribution in [-0.2, 0) is 6.42 Å². The fourth-order valence-corrected chi connectivity index (χ4v) is 3.12. The van der Waals surface area contributed by atoms with Crippen molar-refractivity contribution in [3.8, 4) is 10.9 Å². The van der Waals surface area contributed by atoms with Gasteiger partial charge in [-0.3, -0.25) is 14.9 Å². The second-order valence-electron chi connectivity index (χ2n) is 4.93. The summed E-state index contributed by atoms with van der Waals surface area (Å²) in [5, 5.41) is 15.2. The van der Waals surface area contributed by atoms with E-state index in [0.29, 0.717) is 22.6 Å². The standard InChI is InChI=1S/C14H11ClN4O4S/c1-3-8-5-12(20)18-13(16-8)24-14(17-18)23-11-6-10(19(21)22)9(15)4-7(11)2/h4-6H,3H2,1-2H3. The predicted molar refractivity (Wildman–Crippen MR) is 89.4 cm³/mol. The Bertz CT molecular complexity index is 1010. The molecule has 0 fully saturated rings. The maximum atomic E-state index is 12.0. The third-order valence-electron chi connectivity index (χ3n) is 3.28. The molecule has 0 amide bonds. The molecule has 0 radical (unpaired) electrons. The van der Waals surface area contributed by atoms with Gasteiger partial charge in [0.1, 0.15) is 10.8 Å². The van der Waals surface area contributed by atoms with Gasteiger partial charge in [-0.15, -0.1) is 5.10 Å². The summed E-state index contributed by atoms with van der Waals surface area (Å²) in [6, 6.07) is 4.09. The molecule has 3 aromatic rings. The lowest BCUT2D eigenvalue weighted by Crippen LogP contribution is -2.15. The van der Waals surface area contributed by atoms with E-state index in [0.717, 1.165) is 15.9 Å². The largest absolute Gasteiger partial charge is 0.429 e. The fourth-order valence-electron chi connectivity index (χ4n) is 2.05. The number of fused-ring (bicyclic) bond motifs is 1. The third kappa shape index (κ3) is 2.95. The summed E-state index contributed by atoms with van der Waals surface area (Å²) in [6.07, 6.45) is 0.627. The van der Waals surface area contributed by atoms with Crippen LogP contribution in [-0.4, -0.2) is 19.5 Å². The Kier molecular flexibility index (Phi) is 4.20. The summed E-state index contributed by atoms with van der Waals surface area (Å²) in [5.74, 6) is 0.244. The molecule has 0 aliphatic rings. The van der Waals surface area contributed by atoms with Crippen LogP contribution in [0.2, 0.25) is 5.02 Å². The Morgan fingerprint density at radius 1 is 1.42 bits per heavy atom. The molecule has 0 atom stereocenters. The van der Waals surface area contributed by atoms with E-state index in [1.807, 2.05) is 6.92 Å². The lowest BCUT2D eigenvalue weighted by atomic mass is 10.2. The highest BCUT2D eigenvalue weighted by molar-refractivity contribution is 7.18. The van der Waals surface area contributed by atoms with Gasteiger partial charge in [0.2, 0.25) is 4.96 Å². The molecule has 0 unspecified atom stereocenters. The van der Waals surface area contributed by atoms with E-state index in [2.05, 4.69) is 10.1 Å². The van der Waals surface area contributed by atoms with Crippen LogP contribution in [0.25, 0.3) is 4.96 Å². The van der Waals surface area contributed by atoms with Gasteiger partial charge in [-0.2, -0.15) is 4.52 Å². The van der Waals surface area contributed by atoms with E-state index in [4.69, 9.17) is 16.3 Å². The summed E-state index contributed by atoms with van der Waals surface area (Å²) in [4.78, 5) is 27.1. The molecule has 0 aliphatic heterocycles. The molecular weight excluding hydrogens is 356 g/mol. The minimum absolute atomic E-state index is 0.0274. The number of hydrogen-bond donors (Lipinski definition) is 0. The van der Waals surface area contributed by atoms with Crippen molar-refractivity contribution in [2.24, 2.45) is 0 Å². The average molecular weight is 367 g/mol. The molecule has 2 heterocycles. The van der Waals surface area contributed by atoms with Crippen molar-refractivity contribution in [3.63, 3.8) is 0 Å². The molecule has 0 saturated carbocycles. The average Bonchev–Trinajstić information content (AvgIpc) is 2.92. The Hall–Kier alpha value is -2.52. The number of nitrogens with zero attached hydrogens (tertiary/aromatic N) is 4. The van der Waals surface area contributed by atoms with Crippen molar-refractivity contribution in [2.75, 3.05) is 0 Å². The van der Waals surface area contributed by atoms with Gasteiger partial charge in [-0.1, -0.05) is 18.5 Å². The fraction of sp³-hybridized carbons (Fsp3) is 0.214. The van der Waals surface area contributed by atoms with Gasteiger partial charge in [-0.05, 0) is 36.3 Å². The summed E-state index contributed by atoms with van der Waals surface area (Å²) < 4.78 is 6.75. The Balaban J connectivity index is 2.04. The zero-order valence-electron chi connectivity index (χ0n) is 12.6. The van der Waals surface area contributed by atoms with Gasteiger partial charge in [-0.25, -0.2) is 4.98 Å². The van der Waals surface area contributed by atoms with Crippen LogP contribution in [0, 0.1) is 17.0 Å². The van der Waals surface area contributed by atoms with Crippen LogP contribution >= 0.6 is 22.9 Å². The van der Waals surface area contributed by atoms with E-state index < -0.39 is 4.92 Å². The third-order valence-corrected chi connectivity index (χ3v) is 4.37. The summed E-state index contributed by atoms with van der Waals surface area (Å²) in [5.41, 5.74) is 0.705. The van der Waals surface area contributed by atoms with Gasteiger partial charge in [0.05, 0.1) is 11.0 Å². The monoisotopic (exact) mass is 366 g/mol. The quantitative estimate of drug-likeness (QED) is 0.518. The first-order valence-electron chi connectivity index (χ1n) is 6.91. The number of hydrogen-bond acceptors (Lipinski definition) is 7. The molecule has 0 saturated heterocycles. The number of aryl methyl sites for hydroxylation is 2. The van der Waals surface area contributed by atoms with Gasteiger partial charge in [0.25, 0.3) is 16.4 Å². The maximum absolute atomic E-state index is 12.0. The lowest BCUT2D eigenvalue weighted by Gasteiger charge is -2.05. The molecule has 0 bridgehead atoms. The van der Waals surface area contributed by atoms with Crippen LogP contribution < -0.4 is 10.3 Å². The molecule has 1 aromatic carbocycles. The maximum Gasteiger partial charge on any atom is 0.300 e. The second kappa shape index (κ2) is 6.17. The summed E-state index contributed by atoms with van der Waals surface area (Å²) in [7, 11) is 0. The first-order chi connectivity index (χ1) is 11.4. The number of ether oxygens (including phenoxy) is 1. The Labute approximate surface area is 144 Å². The highest BCUT2D eigenvalue weighted by Gasteiger charge is 2.18. The molecule has 124 valence electrons. The highest BCUT2D eigenvalue weighted by Crippen LogP contribution is 2.35. The van der Waals surface area contributed by atoms with Crippen LogP contribution in [0.3, 0.4) is 0 Å². The number of aromatic nitrogens is 3. The topological polar surface area (TPSA) is 99.6 Å². The lowest BCUT2D eigenvalue weighted by molar-refractivity contribution is -0.384. The first kappa shape index (κ1) is 16.3. The molecule has 8 nitrogen and oxygen atoms in total. The molecule has 0 N–H and O–H groups in total. The predicted octanol–water partition coefficient (Wildman–Crippen LogP) is 3.38. The molecule has 0 aliphatic carbocycles. The molecule has 24 heavy (non-hydrogen) atoms. The van der Waals surface area contributed by atoms with Crippen LogP contribution in [0.4, 0.5) is 5.69 Å². The van der Waals surface area contributed by atoms with Gasteiger partial charge in [0, 0.05) is 11.8 Å². The number of nitro benzene ring substituents is 1. The number of rotatable bonds is 4. The van der Waals surface area contributed by atoms with Gasteiger partial charge in [0.15, 0.2) is 0 Å². The number of benzene rings is 1. The smallest absolute Gasteiger partial charge is 0.300 e. The zero-order chi connectivity index (χ0) is 17.4. The molecule has 10 heteroatoms. The van der Waals surface area contributed by atoms with Crippen molar-refractivity contribution in [1.82, 2.24) is 14.6 Å².